The molecule has 4 aliphatic rings. The van der Waals surface area contributed by atoms with Crippen LogP contribution >= 0.6 is 11.6 Å². The number of aryl methyl sites for hydroxylation is 1. The molecule has 1 aromatic heterocycles. The first-order valence-corrected chi connectivity index (χ1v) is 19.1. The minimum Gasteiger partial charge on any atom is -0.495 e. The molecule has 2 heterocycles. The third-order valence-electron chi connectivity index (χ3n) is 12.0. The van der Waals surface area contributed by atoms with Crippen LogP contribution in [0.4, 0.5) is 0 Å². The topological polar surface area (TPSA) is 142 Å². The van der Waals surface area contributed by atoms with E-state index in [4.69, 9.17) is 35.5 Å². The number of carboxylic acids is 1. The molecule has 284 valence electrons. The SMILES string of the molecule is CC[C@@H]1C[C@]1(CC(=O)[C@@H]1C[C@@H](Oc2cc(CCCOC)nc3c(Cl)c(OC)ccc23)CN1C(=O)[C@@H](CC(=O)OC1C[C@@H]2C[C@@H]2C1)C(C)(C)C)C(=O)O. The summed E-state index contributed by atoms with van der Waals surface area (Å²) >= 11 is 6.74. The number of hydrogen-bond acceptors (Lipinski definition) is 9. The van der Waals surface area contributed by atoms with Gasteiger partial charge in [-0.05, 0) is 73.8 Å². The molecule has 1 aliphatic heterocycles. The van der Waals surface area contributed by atoms with Gasteiger partial charge in [-0.3, -0.25) is 24.2 Å². The van der Waals surface area contributed by atoms with Gasteiger partial charge in [0.2, 0.25) is 5.91 Å². The zero-order chi connectivity index (χ0) is 37.5. The summed E-state index contributed by atoms with van der Waals surface area (Å²) in [7, 11) is 3.18. The molecule has 1 saturated heterocycles. The largest absolute Gasteiger partial charge is 0.495 e. The van der Waals surface area contributed by atoms with Gasteiger partial charge < -0.3 is 29.0 Å². The lowest BCUT2D eigenvalue weighted by atomic mass is 9.77. The minimum absolute atomic E-state index is 0.0901. The van der Waals surface area contributed by atoms with Gasteiger partial charge in [0.15, 0.2) is 5.78 Å². The molecule has 1 unspecified atom stereocenters. The number of methoxy groups -OCH3 is 2. The molecule has 1 aromatic carbocycles. The molecule has 0 bridgehead atoms. The summed E-state index contributed by atoms with van der Waals surface area (Å²) < 4.78 is 23.3. The summed E-state index contributed by atoms with van der Waals surface area (Å²) in [5.74, 6) is -0.587. The molecule has 12 heteroatoms. The summed E-state index contributed by atoms with van der Waals surface area (Å²) in [6, 6.07) is 4.52. The maximum absolute atomic E-state index is 14.6. The summed E-state index contributed by atoms with van der Waals surface area (Å²) in [6.45, 7) is 8.31. The fraction of sp³-hybridized carbons (Fsp3) is 0.675. The Balaban J connectivity index is 1.29. The quantitative estimate of drug-likeness (QED) is 0.146. The Morgan fingerprint density at radius 3 is 2.40 bits per heavy atom. The van der Waals surface area contributed by atoms with Crippen molar-refractivity contribution in [1.82, 2.24) is 9.88 Å². The van der Waals surface area contributed by atoms with Crippen LogP contribution in [-0.4, -0.2) is 84.2 Å². The molecule has 11 nitrogen and oxygen atoms in total. The highest BCUT2D eigenvalue weighted by Crippen LogP contribution is 2.58. The summed E-state index contributed by atoms with van der Waals surface area (Å²) in [5.41, 5.74) is -0.496. The summed E-state index contributed by atoms with van der Waals surface area (Å²) in [4.78, 5) is 60.9. The maximum Gasteiger partial charge on any atom is 0.310 e. The van der Waals surface area contributed by atoms with Crippen LogP contribution in [0.2, 0.25) is 5.02 Å². The van der Waals surface area contributed by atoms with E-state index in [1.54, 1.807) is 18.1 Å². The molecule has 52 heavy (non-hydrogen) atoms. The predicted octanol–water partition coefficient (Wildman–Crippen LogP) is 6.68. The lowest BCUT2D eigenvalue weighted by Gasteiger charge is -2.35. The Kier molecular flexibility index (Phi) is 11.1. The van der Waals surface area contributed by atoms with E-state index in [9.17, 15) is 24.3 Å². The molecule has 3 aliphatic carbocycles. The second-order valence-corrected chi connectivity index (χ2v) is 16.9. The number of pyridine rings is 1. The number of hydrogen-bond donors (Lipinski definition) is 1. The number of carbonyl (C=O) groups excluding carboxylic acids is 3. The van der Waals surface area contributed by atoms with Gasteiger partial charge in [0, 0.05) is 43.7 Å². The Morgan fingerprint density at radius 2 is 1.79 bits per heavy atom. The molecule has 8 atom stereocenters. The molecule has 4 fully saturated rings. The number of aliphatic carboxylic acids is 1. The zero-order valence-corrected chi connectivity index (χ0v) is 32.0. The number of carboxylic acid groups (broad SMARTS) is 1. The molecular formula is C40H53ClN2O9. The van der Waals surface area contributed by atoms with Crippen LogP contribution < -0.4 is 9.47 Å². The Hall–Kier alpha value is -3.44. The van der Waals surface area contributed by atoms with Crippen molar-refractivity contribution < 1.29 is 43.2 Å². The number of ketones is 1. The van der Waals surface area contributed by atoms with Crippen molar-refractivity contribution in [2.45, 2.75) is 110 Å². The van der Waals surface area contributed by atoms with Gasteiger partial charge >= 0.3 is 11.9 Å². The average molecular weight is 741 g/mol. The average Bonchev–Trinajstić information content (AvgIpc) is 3.90. The lowest BCUT2D eigenvalue weighted by Crippen LogP contribution is -2.48. The number of esters is 1. The van der Waals surface area contributed by atoms with Gasteiger partial charge in [0.25, 0.3) is 0 Å². The number of rotatable bonds is 16. The number of ether oxygens (including phenoxy) is 4. The zero-order valence-electron chi connectivity index (χ0n) is 31.2. The molecule has 3 saturated carbocycles. The van der Waals surface area contributed by atoms with Gasteiger partial charge in [0.05, 0.1) is 43.0 Å². The van der Waals surface area contributed by atoms with Crippen LogP contribution in [0, 0.1) is 34.5 Å². The van der Waals surface area contributed by atoms with Gasteiger partial charge in [-0.25, -0.2) is 0 Å². The molecule has 2 aromatic rings. The van der Waals surface area contributed by atoms with Crippen LogP contribution in [-0.2, 0) is 35.1 Å². The van der Waals surface area contributed by atoms with Crippen LogP contribution in [0.5, 0.6) is 11.5 Å². The Morgan fingerprint density at radius 1 is 1.06 bits per heavy atom. The fourth-order valence-corrected chi connectivity index (χ4v) is 8.95. The van der Waals surface area contributed by atoms with E-state index >= 15 is 0 Å². The Bertz CT molecular complexity index is 1700. The van der Waals surface area contributed by atoms with Crippen molar-refractivity contribution in [3.8, 4) is 11.5 Å². The van der Waals surface area contributed by atoms with Crippen molar-refractivity contribution >= 4 is 46.1 Å². The van der Waals surface area contributed by atoms with E-state index in [0.29, 0.717) is 65.1 Å². The maximum atomic E-state index is 14.6. The van der Waals surface area contributed by atoms with Crippen molar-refractivity contribution in [2.75, 3.05) is 27.4 Å². The number of nitrogens with zero attached hydrogens (tertiary/aromatic N) is 2. The van der Waals surface area contributed by atoms with E-state index in [-0.39, 0.29) is 49.5 Å². The van der Waals surface area contributed by atoms with E-state index in [2.05, 4.69) is 0 Å². The number of Topliss-reactive ketones (excluding diaryl/α,β-unsaturated/α-hetero) is 1. The van der Waals surface area contributed by atoms with Crippen LogP contribution in [0.3, 0.4) is 0 Å². The molecule has 0 spiro atoms. The number of halogens is 1. The third kappa shape index (κ3) is 7.91. The standard InChI is InChI=1S/C40H53ClN2O9/c1-7-24-19-40(24,38(47)48)20-31(44)30-17-27(51-33-16-25(9-8-12-49-5)42-36-28(33)10-11-32(50-6)35(36)41)21-43(30)37(46)29(39(2,3)4)18-34(45)52-26-14-22-13-23(22)15-26/h10-11,16,22-24,26-27,29-30H,7-9,12-15,17-21H2,1-6H3,(H,47,48)/t22-,23+,24-,26?,27-,29-,30+,40-/m1/s1. The van der Waals surface area contributed by atoms with Crippen molar-refractivity contribution in [3.63, 3.8) is 0 Å². The van der Waals surface area contributed by atoms with Crippen LogP contribution in [0.15, 0.2) is 18.2 Å². The molecular weight excluding hydrogens is 688 g/mol. The monoisotopic (exact) mass is 740 g/mol. The number of fused-ring (bicyclic) bond motifs is 2. The number of carbonyl (C=O) groups is 4. The van der Waals surface area contributed by atoms with E-state index in [1.165, 1.54) is 13.5 Å². The first-order chi connectivity index (χ1) is 24.7. The van der Waals surface area contributed by atoms with E-state index < -0.39 is 40.8 Å². The summed E-state index contributed by atoms with van der Waals surface area (Å²) in [5, 5.41) is 11.2. The molecule has 1 N–H and O–H groups in total. The van der Waals surface area contributed by atoms with Gasteiger partial charge in [-0.1, -0.05) is 45.7 Å². The fourth-order valence-electron chi connectivity index (χ4n) is 8.67. The third-order valence-corrected chi connectivity index (χ3v) is 12.3. The van der Waals surface area contributed by atoms with Crippen LogP contribution in [0.1, 0.15) is 91.2 Å². The molecule has 6 rings (SSSR count). The predicted molar refractivity (Wildman–Crippen MR) is 194 cm³/mol. The number of amides is 1. The highest BCUT2D eigenvalue weighted by Gasteiger charge is 2.61. The van der Waals surface area contributed by atoms with Gasteiger partial charge in [-0.2, -0.15) is 0 Å². The number of aromatic nitrogens is 1. The first kappa shape index (κ1) is 38.3. The normalized spacial score (nSPS) is 28.3. The number of likely N-dealkylation sites (tertiary alicyclic amines) is 1. The highest BCUT2D eigenvalue weighted by atomic mass is 35.5. The van der Waals surface area contributed by atoms with Crippen molar-refractivity contribution in [2.24, 2.45) is 34.5 Å². The second kappa shape index (κ2) is 15.1. The minimum atomic E-state index is -1.12. The lowest BCUT2D eigenvalue weighted by molar-refractivity contribution is -0.157. The number of benzene rings is 1. The van der Waals surface area contributed by atoms with E-state index in [0.717, 1.165) is 25.0 Å². The van der Waals surface area contributed by atoms with Crippen molar-refractivity contribution in [1.29, 1.82) is 0 Å². The van der Waals surface area contributed by atoms with Gasteiger partial charge in [0.1, 0.15) is 28.7 Å². The van der Waals surface area contributed by atoms with Crippen LogP contribution in [0.25, 0.3) is 10.9 Å². The first-order valence-electron chi connectivity index (χ1n) is 18.8. The molecule has 0 radical (unpaired) electrons. The highest BCUT2D eigenvalue weighted by molar-refractivity contribution is 6.36. The van der Waals surface area contributed by atoms with E-state index in [1.807, 2.05) is 39.8 Å². The van der Waals surface area contributed by atoms with Gasteiger partial charge in [-0.15, -0.1) is 0 Å². The molecule has 1 amide bonds. The van der Waals surface area contributed by atoms with Crippen molar-refractivity contribution in [3.05, 3.63) is 28.9 Å². The Labute approximate surface area is 311 Å². The second-order valence-electron chi connectivity index (χ2n) is 16.5. The smallest absolute Gasteiger partial charge is 0.310 e. The summed E-state index contributed by atoms with van der Waals surface area (Å²) in [6.07, 6.45) is 4.59.